The second-order valence-electron chi connectivity index (χ2n) is 8.53. The Labute approximate surface area is 189 Å². The monoisotopic (exact) mass is 458 g/mol. The quantitative estimate of drug-likeness (QED) is 0.197. The van der Waals surface area contributed by atoms with Crippen LogP contribution in [0.4, 0.5) is 0 Å². The van der Waals surface area contributed by atoms with Gasteiger partial charge in [-0.3, -0.25) is 0 Å². The molecule has 0 saturated carbocycles. The first-order valence-corrected chi connectivity index (χ1v) is 16.5. The standard InChI is InChI=1S/C26H36ClOPSi/c1-4-7-19-30(20-8-5-2,21-9-6-3)24-15-13-23(14-16-24)29(27)25-12-10-11-22-17-18-28-26(22)25/h10-18H,4-9,19-21H2,1-3H3. The summed E-state index contributed by atoms with van der Waals surface area (Å²) in [6.45, 7) is 6.99. The maximum atomic E-state index is 7.00. The van der Waals surface area contributed by atoms with Crippen molar-refractivity contribution < 1.29 is 4.42 Å². The summed E-state index contributed by atoms with van der Waals surface area (Å²) < 4.78 is 5.74. The van der Waals surface area contributed by atoms with Gasteiger partial charge in [0.05, 0.1) is 21.6 Å². The van der Waals surface area contributed by atoms with Crippen LogP contribution in [0.15, 0.2) is 59.2 Å². The van der Waals surface area contributed by atoms with E-state index in [4.69, 9.17) is 15.7 Å². The summed E-state index contributed by atoms with van der Waals surface area (Å²) in [5.74, 6) is 0. The predicted octanol–water partition coefficient (Wildman–Crippen LogP) is 8.08. The van der Waals surface area contributed by atoms with Gasteiger partial charge in [-0.05, 0) is 17.4 Å². The largest absolute Gasteiger partial charge is 0.464 e. The van der Waals surface area contributed by atoms with E-state index in [1.807, 2.05) is 6.07 Å². The third-order valence-electron chi connectivity index (χ3n) is 6.40. The first-order valence-electron chi connectivity index (χ1n) is 11.7. The first-order chi connectivity index (χ1) is 14.6. The van der Waals surface area contributed by atoms with Gasteiger partial charge >= 0.3 is 0 Å². The molecule has 3 rings (SSSR count). The number of hydrogen-bond acceptors (Lipinski definition) is 1. The van der Waals surface area contributed by atoms with Crippen LogP contribution in [0.5, 0.6) is 0 Å². The van der Waals surface area contributed by atoms with Gasteiger partial charge < -0.3 is 4.42 Å². The highest BCUT2D eigenvalue weighted by Gasteiger charge is 2.33. The van der Waals surface area contributed by atoms with Crippen LogP contribution in [0.2, 0.25) is 18.1 Å². The SMILES string of the molecule is CCCC[Si](CCCC)(CCCC)c1ccc(P(Cl)c2cccc3ccoc23)cc1. The maximum absolute atomic E-state index is 7.00. The Morgan fingerprint density at radius 2 is 1.40 bits per heavy atom. The summed E-state index contributed by atoms with van der Waals surface area (Å²) in [6.07, 6.45) is 9.74. The minimum atomic E-state index is -1.46. The van der Waals surface area contributed by atoms with Crippen LogP contribution < -0.4 is 15.8 Å². The predicted molar refractivity (Wildman–Crippen MR) is 139 cm³/mol. The Hall–Kier alpha value is -1.08. The molecule has 0 bridgehead atoms. The van der Waals surface area contributed by atoms with E-state index in [-0.39, 0.29) is 0 Å². The van der Waals surface area contributed by atoms with E-state index in [9.17, 15) is 0 Å². The molecule has 0 amide bonds. The highest BCUT2D eigenvalue weighted by Crippen LogP contribution is 2.41. The van der Waals surface area contributed by atoms with Crippen molar-refractivity contribution in [3.63, 3.8) is 0 Å². The number of unbranched alkanes of at least 4 members (excludes halogenated alkanes) is 3. The lowest BCUT2D eigenvalue weighted by Gasteiger charge is -2.33. The number of rotatable bonds is 12. The highest BCUT2D eigenvalue weighted by atomic mass is 35.7. The Balaban J connectivity index is 1.90. The van der Waals surface area contributed by atoms with E-state index in [1.165, 1.54) is 62.0 Å². The minimum Gasteiger partial charge on any atom is -0.464 e. The second-order valence-corrected chi connectivity index (χ2v) is 15.7. The summed E-state index contributed by atoms with van der Waals surface area (Å²) in [4.78, 5) is 0. The Bertz CT molecular complexity index is 883. The van der Waals surface area contributed by atoms with Crippen molar-refractivity contribution in [1.82, 2.24) is 0 Å². The number of furan rings is 1. The van der Waals surface area contributed by atoms with Gasteiger partial charge in [0.2, 0.25) is 0 Å². The number of hydrogen-bond donors (Lipinski definition) is 0. The van der Waals surface area contributed by atoms with Gasteiger partial charge in [0.25, 0.3) is 0 Å². The summed E-state index contributed by atoms with van der Waals surface area (Å²) in [7, 11) is -2.39. The van der Waals surface area contributed by atoms with Crippen molar-refractivity contribution in [2.24, 2.45) is 0 Å². The molecule has 0 fully saturated rings. The fourth-order valence-electron chi connectivity index (χ4n) is 4.57. The summed E-state index contributed by atoms with van der Waals surface area (Å²) in [6, 6.07) is 22.1. The molecular formula is C26H36ClOPSi. The van der Waals surface area contributed by atoms with Crippen LogP contribution >= 0.6 is 18.5 Å². The molecule has 1 nitrogen and oxygen atoms in total. The van der Waals surface area contributed by atoms with E-state index in [2.05, 4.69) is 63.2 Å². The van der Waals surface area contributed by atoms with Crippen molar-refractivity contribution in [3.8, 4) is 0 Å². The molecule has 0 aliphatic heterocycles. The van der Waals surface area contributed by atoms with Crippen LogP contribution in [0, 0.1) is 0 Å². The average molecular weight is 459 g/mol. The molecule has 0 radical (unpaired) electrons. The van der Waals surface area contributed by atoms with Crippen molar-refractivity contribution in [3.05, 3.63) is 54.8 Å². The van der Waals surface area contributed by atoms with Crippen LogP contribution in [0.3, 0.4) is 0 Å². The van der Waals surface area contributed by atoms with Crippen LogP contribution in [0.25, 0.3) is 11.0 Å². The second kappa shape index (κ2) is 11.5. The third-order valence-corrected chi connectivity index (χ3v) is 14.6. The van der Waals surface area contributed by atoms with Crippen LogP contribution in [-0.2, 0) is 0 Å². The molecular weight excluding hydrogens is 423 g/mol. The van der Waals surface area contributed by atoms with Crippen molar-refractivity contribution >= 4 is 53.4 Å². The maximum Gasteiger partial charge on any atom is 0.143 e. The molecule has 1 atom stereocenters. The molecule has 3 aromatic rings. The normalized spacial score (nSPS) is 13.1. The van der Waals surface area contributed by atoms with Gasteiger partial charge in [-0.15, -0.1) is 0 Å². The van der Waals surface area contributed by atoms with Gasteiger partial charge in [0, 0.05) is 10.7 Å². The van der Waals surface area contributed by atoms with Crippen molar-refractivity contribution in [2.75, 3.05) is 0 Å². The molecule has 4 heteroatoms. The Morgan fingerprint density at radius 1 is 0.800 bits per heavy atom. The fourth-order valence-corrected chi connectivity index (χ4v) is 12.2. The van der Waals surface area contributed by atoms with Crippen molar-refractivity contribution in [1.29, 1.82) is 0 Å². The summed E-state index contributed by atoms with van der Waals surface area (Å²) >= 11 is 7.00. The minimum absolute atomic E-state index is 0.931. The lowest BCUT2D eigenvalue weighted by Crippen LogP contribution is -2.47. The number of para-hydroxylation sites is 1. The van der Waals surface area contributed by atoms with Gasteiger partial charge in [0.1, 0.15) is 5.58 Å². The molecule has 0 aliphatic carbocycles. The molecule has 0 spiro atoms. The molecule has 162 valence electrons. The molecule has 0 aliphatic rings. The molecule has 30 heavy (non-hydrogen) atoms. The fraction of sp³-hybridized carbons (Fsp3) is 0.462. The summed E-state index contributed by atoms with van der Waals surface area (Å²) in [5, 5.41) is 5.12. The van der Waals surface area contributed by atoms with Crippen LogP contribution in [-0.4, -0.2) is 8.07 Å². The zero-order chi connectivity index (χ0) is 21.4. The van der Waals surface area contributed by atoms with E-state index >= 15 is 0 Å². The topological polar surface area (TPSA) is 13.1 Å². The van der Waals surface area contributed by atoms with E-state index in [0.717, 1.165) is 16.3 Å². The molecule has 1 aromatic heterocycles. The number of halogens is 1. The number of benzene rings is 2. The Kier molecular flexibility index (Phi) is 9.05. The third kappa shape index (κ3) is 5.39. The highest BCUT2D eigenvalue weighted by molar-refractivity contribution is 7.96. The molecule has 1 unspecified atom stereocenters. The lowest BCUT2D eigenvalue weighted by atomic mass is 10.3. The lowest BCUT2D eigenvalue weighted by molar-refractivity contribution is 0.618. The zero-order valence-electron chi connectivity index (χ0n) is 18.8. The average Bonchev–Trinajstić information content (AvgIpc) is 3.28. The van der Waals surface area contributed by atoms with Gasteiger partial charge in [-0.25, -0.2) is 0 Å². The van der Waals surface area contributed by atoms with E-state index in [1.54, 1.807) is 11.4 Å². The first kappa shape index (κ1) is 23.6. The van der Waals surface area contributed by atoms with E-state index in [0.29, 0.717) is 0 Å². The molecule has 2 aromatic carbocycles. The van der Waals surface area contributed by atoms with Crippen molar-refractivity contribution in [2.45, 2.75) is 77.4 Å². The summed E-state index contributed by atoms with van der Waals surface area (Å²) in [5.41, 5.74) is 0.931. The van der Waals surface area contributed by atoms with Gasteiger partial charge in [-0.1, -0.05) is 130 Å². The molecule has 0 N–H and O–H groups in total. The number of fused-ring (bicyclic) bond motifs is 1. The van der Waals surface area contributed by atoms with Crippen LogP contribution in [0.1, 0.15) is 59.3 Å². The van der Waals surface area contributed by atoms with Gasteiger partial charge in [-0.2, -0.15) is 0 Å². The molecule has 1 heterocycles. The Morgan fingerprint density at radius 3 is 1.97 bits per heavy atom. The van der Waals surface area contributed by atoms with Gasteiger partial charge in [0.15, 0.2) is 0 Å². The van der Waals surface area contributed by atoms with E-state index < -0.39 is 15.3 Å². The smallest absolute Gasteiger partial charge is 0.143 e. The molecule has 0 saturated heterocycles. The zero-order valence-corrected chi connectivity index (χ0v) is 21.4.